The van der Waals surface area contributed by atoms with E-state index in [2.05, 4.69) is 15.2 Å². The Morgan fingerprint density at radius 2 is 2.00 bits per heavy atom. The van der Waals surface area contributed by atoms with Gasteiger partial charge in [-0.05, 0) is 31.4 Å². The first-order valence-corrected chi connectivity index (χ1v) is 7.31. The van der Waals surface area contributed by atoms with E-state index in [1.165, 1.54) is 32.1 Å². The van der Waals surface area contributed by atoms with Crippen LogP contribution < -0.4 is 0 Å². The smallest absolute Gasteiger partial charge is 0.182 e. The quantitative estimate of drug-likeness (QED) is 0.878. The molecule has 1 aliphatic rings. The van der Waals surface area contributed by atoms with Crippen LogP contribution in [0.2, 0.25) is 5.02 Å². The fraction of sp³-hybridized carbons (Fsp3) is 0.467. The number of aryl methyl sites for hydroxylation is 1. The molecule has 1 aromatic carbocycles. The minimum atomic E-state index is 0.540. The van der Waals surface area contributed by atoms with Crippen LogP contribution in [0.15, 0.2) is 18.2 Å². The van der Waals surface area contributed by atoms with Gasteiger partial charge in [0.05, 0.1) is 5.02 Å². The van der Waals surface area contributed by atoms with Gasteiger partial charge >= 0.3 is 0 Å². The highest BCUT2D eigenvalue weighted by atomic mass is 35.5. The van der Waals surface area contributed by atoms with Crippen molar-refractivity contribution in [1.29, 1.82) is 0 Å². The molecule has 0 atom stereocenters. The highest BCUT2D eigenvalue weighted by Gasteiger charge is 2.20. The summed E-state index contributed by atoms with van der Waals surface area (Å²) in [7, 11) is 0. The zero-order chi connectivity index (χ0) is 13.2. The van der Waals surface area contributed by atoms with Crippen molar-refractivity contribution in [2.45, 2.75) is 44.9 Å². The van der Waals surface area contributed by atoms with E-state index >= 15 is 0 Å². The number of H-pyrrole nitrogens is 1. The first-order valence-electron chi connectivity index (χ1n) is 6.93. The van der Waals surface area contributed by atoms with Crippen LogP contribution in [0.1, 0.15) is 49.4 Å². The van der Waals surface area contributed by atoms with Crippen LogP contribution in [0.4, 0.5) is 0 Å². The summed E-state index contributed by atoms with van der Waals surface area (Å²) in [6.45, 7) is 2.00. The SMILES string of the molecule is Cc1cccc(-c2n[nH]c(C3CCCCC3)n2)c1Cl. The standard InChI is InChI=1S/C15H18ClN3/c1-10-6-5-9-12(13(10)16)15-17-14(18-19-15)11-7-3-2-4-8-11/h5-6,9,11H,2-4,7-8H2,1H3,(H,17,18,19). The Labute approximate surface area is 118 Å². The number of hydrogen-bond donors (Lipinski definition) is 1. The van der Waals surface area contributed by atoms with E-state index in [1.54, 1.807) is 0 Å². The number of nitrogens with zero attached hydrogens (tertiary/aromatic N) is 2. The fourth-order valence-electron chi connectivity index (χ4n) is 2.77. The Balaban J connectivity index is 1.90. The van der Waals surface area contributed by atoms with Crippen LogP contribution in [-0.2, 0) is 0 Å². The Bertz CT molecular complexity index is 571. The van der Waals surface area contributed by atoms with E-state index in [4.69, 9.17) is 11.6 Å². The Morgan fingerprint density at radius 3 is 2.79 bits per heavy atom. The molecule has 19 heavy (non-hydrogen) atoms. The summed E-state index contributed by atoms with van der Waals surface area (Å²) in [5.41, 5.74) is 1.98. The summed E-state index contributed by atoms with van der Waals surface area (Å²) in [4.78, 5) is 4.65. The molecule has 1 N–H and O–H groups in total. The van der Waals surface area contributed by atoms with Crippen molar-refractivity contribution in [3.8, 4) is 11.4 Å². The van der Waals surface area contributed by atoms with E-state index in [0.717, 1.165) is 22.0 Å². The maximum atomic E-state index is 6.33. The van der Waals surface area contributed by atoms with E-state index in [-0.39, 0.29) is 0 Å². The molecule has 1 fully saturated rings. The van der Waals surface area contributed by atoms with Gasteiger partial charge in [-0.15, -0.1) is 0 Å². The molecular formula is C15H18ClN3. The van der Waals surface area contributed by atoms with Gasteiger partial charge in [-0.25, -0.2) is 4.98 Å². The van der Waals surface area contributed by atoms with Gasteiger partial charge in [0.1, 0.15) is 5.82 Å². The molecule has 100 valence electrons. The summed E-state index contributed by atoms with van der Waals surface area (Å²) >= 11 is 6.33. The van der Waals surface area contributed by atoms with Crippen molar-refractivity contribution >= 4 is 11.6 Å². The average molecular weight is 276 g/mol. The minimum Gasteiger partial charge on any atom is -0.262 e. The molecule has 1 saturated carbocycles. The van der Waals surface area contributed by atoms with Gasteiger partial charge in [0, 0.05) is 11.5 Å². The molecule has 0 aliphatic heterocycles. The summed E-state index contributed by atoms with van der Waals surface area (Å²) in [5.74, 6) is 2.28. The van der Waals surface area contributed by atoms with Gasteiger partial charge < -0.3 is 0 Å². The van der Waals surface area contributed by atoms with Gasteiger partial charge in [0.2, 0.25) is 0 Å². The van der Waals surface area contributed by atoms with Gasteiger partial charge in [-0.2, -0.15) is 5.10 Å². The Morgan fingerprint density at radius 1 is 1.21 bits per heavy atom. The molecule has 0 spiro atoms. The third kappa shape index (κ3) is 2.52. The lowest BCUT2D eigenvalue weighted by Gasteiger charge is -2.18. The molecule has 0 unspecified atom stereocenters. The molecule has 3 rings (SSSR count). The van der Waals surface area contributed by atoms with E-state index in [0.29, 0.717) is 11.7 Å². The highest BCUT2D eigenvalue weighted by Crippen LogP contribution is 2.33. The third-order valence-corrected chi connectivity index (χ3v) is 4.43. The number of nitrogens with one attached hydrogen (secondary N) is 1. The first kappa shape index (κ1) is 12.7. The summed E-state index contributed by atoms with van der Waals surface area (Å²) < 4.78 is 0. The fourth-order valence-corrected chi connectivity index (χ4v) is 2.98. The van der Waals surface area contributed by atoms with Crippen molar-refractivity contribution in [2.24, 2.45) is 0 Å². The number of halogens is 1. The Kier molecular flexibility index (Phi) is 3.56. The van der Waals surface area contributed by atoms with Crippen LogP contribution in [0.3, 0.4) is 0 Å². The Hall–Kier alpha value is -1.35. The molecular weight excluding hydrogens is 258 g/mol. The average Bonchev–Trinajstić information content (AvgIpc) is 2.92. The van der Waals surface area contributed by atoms with Crippen LogP contribution >= 0.6 is 11.6 Å². The number of hydrogen-bond acceptors (Lipinski definition) is 2. The topological polar surface area (TPSA) is 41.6 Å². The van der Waals surface area contributed by atoms with E-state index in [9.17, 15) is 0 Å². The maximum absolute atomic E-state index is 6.33. The predicted octanol–water partition coefficient (Wildman–Crippen LogP) is 4.48. The monoisotopic (exact) mass is 275 g/mol. The van der Waals surface area contributed by atoms with Crippen LogP contribution in [0.25, 0.3) is 11.4 Å². The van der Waals surface area contributed by atoms with Crippen molar-refractivity contribution in [3.63, 3.8) is 0 Å². The molecule has 0 saturated heterocycles. The third-order valence-electron chi connectivity index (χ3n) is 3.93. The van der Waals surface area contributed by atoms with Crippen molar-refractivity contribution in [3.05, 3.63) is 34.6 Å². The number of rotatable bonds is 2. The lowest BCUT2D eigenvalue weighted by Crippen LogP contribution is -2.06. The number of aromatic nitrogens is 3. The van der Waals surface area contributed by atoms with E-state index in [1.807, 2.05) is 25.1 Å². The van der Waals surface area contributed by atoms with Gasteiger partial charge in [0.25, 0.3) is 0 Å². The number of benzene rings is 1. The minimum absolute atomic E-state index is 0.540. The zero-order valence-corrected chi connectivity index (χ0v) is 11.9. The lowest BCUT2D eigenvalue weighted by atomic mass is 9.89. The van der Waals surface area contributed by atoms with E-state index < -0.39 is 0 Å². The predicted molar refractivity (Wildman–Crippen MR) is 77.4 cm³/mol. The van der Waals surface area contributed by atoms with Gasteiger partial charge in [-0.3, -0.25) is 5.10 Å². The molecule has 0 bridgehead atoms. The van der Waals surface area contributed by atoms with Crippen molar-refractivity contribution < 1.29 is 0 Å². The molecule has 0 amide bonds. The molecule has 1 aromatic heterocycles. The number of aromatic amines is 1. The first-order chi connectivity index (χ1) is 9.25. The van der Waals surface area contributed by atoms with Crippen LogP contribution in [0, 0.1) is 6.92 Å². The second-order valence-electron chi connectivity index (χ2n) is 5.32. The lowest BCUT2D eigenvalue weighted by molar-refractivity contribution is 0.429. The summed E-state index contributed by atoms with van der Waals surface area (Å²) in [5, 5.41) is 8.19. The molecule has 3 nitrogen and oxygen atoms in total. The molecule has 1 aliphatic carbocycles. The zero-order valence-electron chi connectivity index (χ0n) is 11.1. The van der Waals surface area contributed by atoms with Crippen LogP contribution in [-0.4, -0.2) is 15.2 Å². The second-order valence-corrected chi connectivity index (χ2v) is 5.69. The van der Waals surface area contributed by atoms with Gasteiger partial charge in [0.15, 0.2) is 5.82 Å². The molecule has 4 heteroatoms. The molecule has 0 radical (unpaired) electrons. The van der Waals surface area contributed by atoms with Crippen LogP contribution in [0.5, 0.6) is 0 Å². The maximum Gasteiger partial charge on any atom is 0.182 e. The van der Waals surface area contributed by atoms with Crippen molar-refractivity contribution in [1.82, 2.24) is 15.2 Å². The highest BCUT2D eigenvalue weighted by molar-refractivity contribution is 6.33. The summed E-state index contributed by atoms with van der Waals surface area (Å²) in [6.07, 6.45) is 6.38. The van der Waals surface area contributed by atoms with Gasteiger partial charge in [-0.1, -0.05) is 43.0 Å². The molecule has 1 heterocycles. The summed E-state index contributed by atoms with van der Waals surface area (Å²) in [6, 6.07) is 5.97. The normalized spacial score (nSPS) is 16.7. The molecule has 2 aromatic rings. The van der Waals surface area contributed by atoms with Crippen molar-refractivity contribution in [2.75, 3.05) is 0 Å². The largest absolute Gasteiger partial charge is 0.262 e. The second kappa shape index (κ2) is 5.33.